The fourth-order valence-electron chi connectivity index (χ4n) is 4.53. The van der Waals surface area contributed by atoms with Gasteiger partial charge in [-0.05, 0) is 42.9 Å². The zero-order valence-electron chi connectivity index (χ0n) is 23.1. The van der Waals surface area contributed by atoms with Crippen LogP contribution in [0.5, 0.6) is 0 Å². The molecule has 4 aromatic rings. The molecule has 0 radical (unpaired) electrons. The van der Waals surface area contributed by atoms with Crippen LogP contribution in [0.2, 0.25) is 0 Å². The van der Waals surface area contributed by atoms with Crippen molar-refractivity contribution in [3.8, 4) is 11.1 Å². The van der Waals surface area contributed by atoms with E-state index in [9.17, 15) is 19.5 Å². The van der Waals surface area contributed by atoms with Gasteiger partial charge in [-0.3, -0.25) is 14.7 Å². The highest BCUT2D eigenvalue weighted by atomic mass is 16.6. The molecule has 2 aromatic carbocycles. The molecule has 0 aliphatic rings. The summed E-state index contributed by atoms with van der Waals surface area (Å²) in [5, 5.41) is 23.0. The van der Waals surface area contributed by atoms with Crippen LogP contribution in [-0.2, 0) is 29.0 Å². The van der Waals surface area contributed by atoms with E-state index in [1.54, 1.807) is 6.92 Å². The fraction of sp³-hybridized carbons (Fsp3) is 0.367. The van der Waals surface area contributed by atoms with Gasteiger partial charge in [0.25, 0.3) is 5.91 Å². The quantitative estimate of drug-likeness (QED) is 0.194. The number of nitrogens with one attached hydrogen (secondary N) is 2. The van der Waals surface area contributed by atoms with Gasteiger partial charge in [0, 0.05) is 12.5 Å². The van der Waals surface area contributed by atoms with E-state index in [4.69, 9.17) is 13.6 Å². The summed E-state index contributed by atoms with van der Waals surface area (Å²) in [6.45, 7) is 2.72. The van der Waals surface area contributed by atoms with E-state index >= 15 is 0 Å². The van der Waals surface area contributed by atoms with Gasteiger partial charge in [-0.2, -0.15) is 0 Å². The first-order chi connectivity index (χ1) is 19.8. The van der Waals surface area contributed by atoms with Gasteiger partial charge in [-0.1, -0.05) is 73.2 Å². The summed E-state index contributed by atoms with van der Waals surface area (Å²) in [5.74, 6) is -1.52. The second kappa shape index (κ2) is 13.7. The molecule has 3 N–H and O–H groups in total. The number of amides is 1. The number of carbonyl (C=O) groups is 2. The van der Waals surface area contributed by atoms with E-state index in [0.717, 1.165) is 29.5 Å². The van der Waals surface area contributed by atoms with Crippen molar-refractivity contribution in [2.45, 2.75) is 58.6 Å². The first kappa shape index (κ1) is 29.5. The number of rotatable bonds is 14. The number of hydrogen-bond acceptors (Lipinski definition) is 9. The predicted octanol–water partition coefficient (Wildman–Crippen LogP) is 3.83. The number of esters is 1. The molecule has 0 saturated heterocycles. The lowest BCUT2D eigenvalue weighted by atomic mass is 9.82. The number of aliphatic hydroxyl groups excluding tert-OH is 1. The smallest absolute Gasteiger partial charge is 0.457 e. The van der Waals surface area contributed by atoms with Crippen LogP contribution in [0, 0.1) is 5.41 Å². The maximum atomic E-state index is 13.2. The van der Waals surface area contributed by atoms with Gasteiger partial charge in [0.05, 0.1) is 18.2 Å². The molecule has 2 heterocycles. The summed E-state index contributed by atoms with van der Waals surface area (Å²) in [4.78, 5) is 37.7. The van der Waals surface area contributed by atoms with Gasteiger partial charge in [0.2, 0.25) is 0 Å². The molecule has 2 aromatic heterocycles. The number of aromatic nitrogens is 3. The van der Waals surface area contributed by atoms with E-state index in [1.165, 1.54) is 6.20 Å². The van der Waals surface area contributed by atoms with Gasteiger partial charge in [-0.25, -0.2) is 4.79 Å². The summed E-state index contributed by atoms with van der Waals surface area (Å²) in [6.07, 6.45) is 3.88. The van der Waals surface area contributed by atoms with Crippen LogP contribution in [0.3, 0.4) is 0 Å². The van der Waals surface area contributed by atoms with Crippen molar-refractivity contribution in [1.29, 1.82) is 0 Å². The first-order valence-corrected chi connectivity index (χ1v) is 13.5. The number of carbonyl (C=O) groups excluding carboxylic acids is 2. The zero-order chi connectivity index (χ0) is 29.2. The lowest BCUT2D eigenvalue weighted by Crippen LogP contribution is -2.44. The third kappa shape index (κ3) is 7.79. The summed E-state index contributed by atoms with van der Waals surface area (Å²) < 4.78 is 15.6. The van der Waals surface area contributed by atoms with Crippen LogP contribution < -0.4 is 11.1 Å². The largest absolute Gasteiger partial charge is 0.519 e. The van der Waals surface area contributed by atoms with Gasteiger partial charge in [0.1, 0.15) is 5.69 Å². The Bertz CT molecular complexity index is 1460. The summed E-state index contributed by atoms with van der Waals surface area (Å²) in [5.41, 5.74) is 1.84. The molecular weight excluding hydrogens is 528 g/mol. The number of aliphatic hydroxyl groups is 1. The van der Waals surface area contributed by atoms with E-state index in [1.807, 2.05) is 61.5 Å². The molecule has 11 heteroatoms. The topological polar surface area (TPSA) is 161 Å². The zero-order valence-corrected chi connectivity index (χ0v) is 23.1. The summed E-state index contributed by atoms with van der Waals surface area (Å²) in [7, 11) is 0. The maximum absolute atomic E-state index is 13.2. The van der Waals surface area contributed by atoms with Crippen LogP contribution in [-0.4, -0.2) is 45.0 Å². The van der Waals surface area contributed by atoms with Gasteiger partial charge >= 0.3 is 11.8 Å². The average molecular weight is 563 g/mol. The Kier molecular flexibility index (Phi) is 9.86. The second-order valence-corrected chi connectivity index (χ2v) is 10.2. The van der Waals surface area contributed by atoms with Crippen LogP contribution in [0.1, 0.15) is 60.7 Å². The number of hydrogen-bond donors (Lipinski definition) is 3. The molecule has 0 aliphatic carbocycles. The van der Waals surface area contributed by atoms with Crippen LogP contribution in [0.25, 0.3) is 11.1 Å². The number of unbranched alkanes of at least 4 members (excludes halogenated alkanes) is 1. The number of ether oxygens (including phenoxy) is 1. The number of nitrogens with zero attached hydrogens (tertiary/aromatic N) is 2. The van der Waals surface area contributed by atoms with E-state index in [2.05, 4.69) is 20.7 Å². The minimum atomic E-state index is -1.37. The normalized spacial score (nSPS) is 13.3. The van der Waals surface area contributed by atoms with Crippen LogP contribution >= 0.6 is 0 Å². The molecule has 0 fully saturated rings. The number of H-pyrrole nitrogens is 1. The van der Waals surface area contributed by atoms with E-state index < -0.39 is 35.8 Å². The lowest BCUT2D eigenvalue weighted by molar-refractivity contribution is -0.160. The Labute approximate surface area is 236 Å². The van der Waals surface area contributed by atoms with Gasteiger partial charge in [0.15, 0.2) is 18.1 Å². The monoisotopic (exact) mass is 562 g/mol. The van der Waals surface area contributed by atoms with Crippen molar-refractivity contribution < 1.29 is 28.3 Å². The summed E-state index contributed by atoms with van der Waals surface area (Å²) >= 11 is 0. The Morgan fingerprint density at radius 1 is 1.07 bits per heavy atom. The summed E-state index contributed by atoms with van der Waals surface area (Å²) in [6, 6.07) is 17.3. The van der Waals surface area contributed by atoms with Gasteiger partial charge < -0.3 is 24.0 Å². The molecule has 41 heavy (non-hydrogen) atoms. The van der Waals surface area contributed by atoms with Crippen molar-refractivity contribution in [1.82, 2.24) is 20.7 Å². The highest BCUT2D eigenvalue weighted by Gasteiger charge is 2.38. The molecule has 216 valence electrons. The highest BCUT2D eigenvalue weighted by molar-refractivity contribution is 5.92. The highest BCUT2D eigenvalue weighted by Crippen LogP contribution is 2.28. The van der Waals surface area contributed by atoms with Gasteiger partial charge in [-0.15, -0.1) is 5.10 Å². The molecule has 1 amide bonds. The maximum Gasteiger partial charge on any atom is 0.519 e. The predicted molar refractivity (Wildman–Crippen MR) is 149 cm³/mol. The van der Waals surface area contributed by atoms with E-state index in [-0.39, 0.29) is 24.5 Å². The molecule has 2 atom stereocenters. The molecule has 11 nitrogen and oxygen atoms in total. The molecule has 0 spiro atoms. The fourth-order valence-corrected chi connectivity index (χ4v) is 4.53. The average Bonchev–Trinajstić information content (AvgIpc) is 3.65. The van der Waals surface area contributed by atoms with Crippen molar-refractivity contribution in [3.05, 3.63) is 94.2 Å². The molecule has 0 aliphatic heterocycles. The molecule has 0 saturated carbocycles. The molecule has 0 unspecified atom stereocenters. The van der Waals surface area contributed by atoms with Crippen LogP contribution in [0.15, 0.2) is 74.4 Å². The molecule has 4 rings (SSSR count). The lowest BCUT2D eigenvalue weighted by Gasteiger charge is -2.30. The second-order valence-electron chi connectivity index (χ2n) is 10.2. The molecular formula is C30H34N4O7. The Morgan fingerprint density at radius 3 is 2.44 bits per heavy atom. The Morgan fingerprint density at radius 2 is 1.78 bits per heavy atom. The Hall–Kier alpha value is -4.51. The standard InChI is InChI=1S/C30H34N4O7/c1-3-4-10-25-26(41-29(38)40-25)18-39-28(37)30(2,19-35)16-23(32-27(36)24-17-31-34-33-24)15-20-11-13-22(14-12-20)21-8-6-5-7-9-21/h5-9,11-14,17,23,35H,3-4,10,15-16,18-19H2,1-2H3,(H,32,36)(H,31,33,34)/t23-,30+/m1/s1. The first-order valence-electron chi connectivity index (χ1n) is 13.5. The SMILES string of the molecule is CCCCc1oc(=O)oc1COC(=O)[C@](C)(CO)C[C@@H](Cc1ccc(-c2ccccc2)cc1)NC(=O)c1cnn[nH]1. The minimum absolute atomic E-state index is 0.0636. The minimum Gasteiger partial charge on any atom is -0.457 e. The number of aromatic amines is 1. The Balaban J connectivity index is 1.49. The van der Waals surface area contributed by atoms with Crippen molar-refractivity contribution >= 4 is 11.9 Å². The number of benzene rings is 2. The molecule has 0 bridgehead atoms. The van der Waals surface area contributed by atoms with E-state index in [0.29, 0.717) is 18.6 Å². The third-order valence-electron chi connectivity index (χ3n) is 6.89. The third-order valence-corrected chi connectivity index (χ3v) is 6.89. The van der Waals surface area contributed by atoms with Crippen LogP contribution in [0.4, 0.5) is 0 Å². The van der Waals surface area contributed by atoms with Crippen molar-refractivity contribution in [2.24, 2.45) is 5.41 Å². The van der Waals surface area contributed by atoms with Crippen molar-refractivity contribution in [3.63, 3.8) is 0 Å². The number of aryl methyl sites for hydroxylation is 1. The van der Waals surface area contributed by atoms with Crippen molar-refractivity contribution in [2.75, 3.05) is 6.61 Å².